The van der Waals surface area contributed by atoms with E-state index in [2.05, 4.69) is 5.32 Å². The molecule has 0 radical (unpaired) electrons. The fraction of sp³-hybridized carbons (Fsp3) is 0.333. The van der Waals surface area contributed by atoms with E-state index in [1.54, 1.807) is 30.3 Å². The molecule has 20 heavy (non-hydrogen) atoms. The lowest BCUT2D eigenvalue weighted by Gasteiger charge is -2.17. The van der Waals surface area contributed by atoms with Gasteiger partial charge in [-0.05, 0) is 12.0 Å². The molecular weight excluding hydrogens is 285 g/mol. The summed E-state index contributed by atoms with van der Waals surface area (Å²) >= 11 is 0. The van der Waals surface area contributed by atoms with E-state index < -0.39 is 25.1 Å². The maximum absolute atomic E-state index is 11.8. The molecule has 7 nitrogen and oxygen atoms in total. The van der Waals surface area contributed by atoms with Crippen LogP contribution in [0.4, 0.5) is 0 Å². The third kappa shape index (κ3) is 5.52. The minimum atomic E-state index is -4.62. The molecule has 1 amide bonds. The minimum Gasteiger partial charge on any atom is -0.481 e. The van der Waals surface area contributed by atoms with Gasteiger partial charge in [0.2, 0.25) is 5.91 Å². The van der Waals surface area contributed by atoms with Gasteiger partial charge in [0.05, 0.1) is 6.42 Å². The number of carboxylic acids is 1. The highest BCUT2D eigenvalue weighted by molar-refractivity contribution is 7.53. The van der Waals surface area contributed by atoms with Crippen molar-refractivity contribution in [1.29, 1.82) is 0 Å². The first-order chi connectivity index (χ1) is 9.30. The molecule has 1 aromatic rings. The summed E-state index contributed by atoms with van der Waals surface area (Å²) in [5.41, 5.74) is -0.895. The Hall–Kier alpha value is -1.69. The molecule has 1 atom stereocenters. The summed E-state index contributed by atoms with van der Waals surface area (Å²) in [5, 5.41) is 10.7. The van der Waals surface area contributed by atoms with Crippen molar-refractivity contribution in [2.45, 2.75) is 18.5 Å². The van der Waals surface area contributed by atoms with Crippen LogP contribution in [0.15, 0.2) is 30.3 Å². The monoisotopic (exact) mass is 301 g/mol. The molecule has 1 rings (SSSR count). The average molecular weight is 301 g/mol. The second-order valence-corrected chi connectivity index (χ2v) is 6.03. The lowest BCUT2D eigenvalue weighted by molar-refractivity contribution is -0.136. The first kappa shape index (κ1) is 16.4. The number of carbonyl (C=O) groups is 2. The molecule has 0 aliphatic carbocycles. The van der Waals surface area contributed by atoms with E-state index >= 15 is 0 Å². The van der Waals surface area contributed by atoms with Gasteiger partial charge in [-0.1, -0.05) is 30.3 Å². The molecule has 8 heteroatoms. The van der Waals surface area contributed by atoms with Crippen LogP contribution < -0.4 is 5.32 Å². The predicted octanol–water partition coefficient (Wildman–Crippen LogP) is 0.366. The summed E-state index contributed by atoms with van der Waals surface area (Å²) in [4.78, 5) is 40.6. The van der Waals surface area contributed by atoms with E-state index in [9.17, 15) is 23.9 Å². The summed E-state index contributed by atoms with van der Waals surface area (Å²) in [5.74, 6) is -1.94. The summed E-state index contributed by atoms with van der Waals surface area (Å²) in [6.07, 6.45) is -0.408. The molecule has 1 aromatic carbocycles. The number of amides is 1. The smallest absolute Gasteiger partial charge is 0.338 e. The van der Waals surface area contributed by atoms with E-state index in [0.29, 0.717) is 5.56 Å². The first-order valence-corrected chi connectivity index (χ1v) is 7.57. The Bertz CT molecular complexity index is 512. The summed E-state index contributed by atoms with van der Waals surface area (Å²) in [7, 11) is -4.62. The molecule has 0 saturated carbocycles. The van der Waals surface area contributed by atoms with Crippen LogP contribution in [-0.4, -0.2) is 39.0 Å². The van der Waals surface area contributed by atoms with Crippen molar-refractivity contribution in [2.75, 3.05) is 6.54 Å². The van der Waals surface area contributed by atoms with Crippen molar-refractivity contribution in [3.05, 3.63) is 35.9 Å². The number of carbonyl (C=O) groups excluding carboxylic acids is 1. The number of nitrogens with one attached hydrogen (secondary N) is 1. The van der Waals surface area contributed by atoms with Crippen LogP contribution in [0.5, 0.6) is 0 Å². The van der Waals surface area contributed by atoms with Gasteiger partial charge < -0.3 is 20.2 Å². The highest BCUT2D eigenvalue weighted by Gasteiger charge is 2.35. The van der Waals surface area contributed by atoms with Crippen LogP contribution in [0, 0.1) is 0 Å². The number of carboxylic acid groups (broad SMARTS) is 1. The van der Waals surface area contributed by atoms with Crippen LogP contribution in [0.3, 0.4) is 0 Å². The van der Waals surface area contributed by atoms with Crippen molar-refractivity contribution in [3.8, 4) is 0 Å². The Labute approximate surface area is 115 Å². The molecule has 0 aromatic heterocycles. The van der Waals surface area contributed by atoms with Crippen LogP contribution in [0.2, 0.25) is 0 Å². The number of hydrogen-bond donors (Lipinski definition) is 4. The van der Waals surface area contributed by atoms with Gasteiger partial charge in [0, 0.05) is 6.54 Å². The van der Waals surface area contributed by atoms with Gasteiger partial charge >= 0.3 is 13.6 Å². The second-order valence-electron chi connectivity index (χ2n) is 4.23. The lowest BCUT2D eigenvalue weighted by atomic mass is 10.1. The van der Waals surface area contributed by atoms with Crippen molar-refractivity contribution in [1.82, 2.24) is 5.32 Å². The number of rotatable bonds is 7. The zero-order valence-electron chi connectivity index (χ0n) is 10.6. The fourth-order valence-electron chi connectivity index (χ4n) is 1.61. The molecule has 0 heterocycles. The van der Waals surface area contributed by atoms with Crippen LogP contribution in [0.25, 0.3) is 0 Å². The Kier molecular flexibility index (Phi) is 5.88. The predicted molar refractivity (Wildman–Crippen MR) is 71.2 cm³/mol. The minimum absolute atomic E-state index is 0.107. The largest absolute Gasteiger partial charge is 0.481 e. The zero-order chi connectivity index (χ0) is 15.2. The molecule has 0 saturated heterocycles. The van der Waals surface area contributed by atoms with Crippen LogP contribution >= 0.6 is 7.60 Å². The molecule has 0 aliphatic rings. The average Bonchev–Trinajstić information content (AvgIpc) is 2.35. The van der Waals surface area contributed by atoms with E-state index in [1.807, 2.05) is 0 Å². The quantitative estimate of drug-likeness (QED) is 0.539. The SMILES string of the molecule is O=C(O)CCNC(=O)[C@@H](Cc1ccccc1)P(=O)(O)O. The molecule has 0 unspecified atom stereocenters. The van der Waals surface area contributed by atoms with Crippen LogP contribution in [-0.2, 0) is 20.6 Å². The topological polar surface area (TPSA) is 124 Å². The maximum atomic E-state index is 11.8. The summed E-state index contributed by atoms with van der Waals surface area (Å²) < 4.78 is 11.4. The summed E-state index contributed by atoms with van der Waals surface area (Å²) in [6.45, 7) is -0.167. The summed E-state index contributed by atoms with van der Waals surface area (Å²) in [6, 6.07) is 8.48. The van der Waals surface area contributed by atoms with Gasteiger partial charge in [0.1, 0.15) is 5.66 Å². The molecular formula is C12H16NO6P. The third-order valence-corrected chi connectivity index (χ3v) is 3.85. The Balaban J connectivity index is 2.72. The normalized spacial score (nSPS) is 12.7. The lowest BCUT2D eigenvalue weighted by Crippen LogP contribution is -2.37. The van der Waals surface area contributed by atoms with E-state index in [0.717, 1.165) is 0 Å². The fourth-order valence-corrected chi connectivity index (χ4v) is 2.46. The van der Waals surface area contributed by atoms with Gasteiger partial charge in [-0.2, -0.15) is 0 Å². The number of aliphatic carboxylic acids is 1. The molecule has 0 aliphatic heterocycles. The van der Waals surface area contributed by atoms with Crippen molar-refractivity contribution in [2.24, 2.45) is 0 Å². The molecule has 0 bridgehead atoms. The standard InChI is InChI=1S/C12H16NO6P/c14-11(15)6-7-13-12(16)10(20(17,18)19)8-9-4-2-1-3-5-9/h1-5,10H,6-8H2,(H,13,16)(H,14,15)(H2,17,18,19)/t10-/m1/s1. The van der Waals surface area contributed by atoms with Gasteiger partial charge in [-0.25, -0.2) is 0 Å². The van der Waals surface area contributed by atoms with Gasteiger partial charge in [-0.15, -0.1) is 0 Å². The second kappa shape index (κ2) is 7.19. The van der Waals surface area contributed by atoms with E-state index in [4.69, 9.17) is 5.11 Å². The maximum Gasteiger partial charge on any atom is 0.338 e. The highest BCUT2D eigenvalue weighted by Crippen LogP contribution is 2.42. The van der Waals surface area contributed by atoms with Crippen molar-refractivity contribution in [3.63, 3.8) is 0 Å². The van der Waals surface area contributed by atoms with Gasteiger partial charge in [-0.3, -0.25) is 14.2 Å². The van der Waals surface area contributed by atoms with Crippen molar-refractivity contribution < 1.29 is 29.0 Å². The highest BCUT2D eigenvalue weighted by atomic mass is 31.2. The number of hydrogen-bond acceptors (Lipinski definition) is 3. The molecule has 4 N–H and O–H groups in total. The van der Waals surface area contributed by atoms with E-state index in [1.165, 1.54) is 0 Å². The molecule has 0 spiro atoms. The van der Waals surface area contributed by atoms with Gasteiger partial charge in [0.15, 0.2) is 0 Å². The Morgan fingerprint density at radius 3 is 2.30 bits per heavy atom. The van der Waals surface area contributed by atoms with Crippen molar-refractivity contribution >= 4 is 19.5 Å². The third-order valence-electron chi connectivity index (χ3n) is 2.62. The zero-order valence-corrected chi connectivity index (χ0v) is 11.5. The van der Waals surface area contributed by atoms with E-state index in [-0.39, 0.29) is 19.4 Å². The Morgan fingerprint density at radius 2 is 1.80 bits per heavy atom. The molecule has 110 valence electrons. The molecule has 0 fully saturated rings. The van der Waals surface area contributed by atoms with Crippen LogP contribution in [0.1, 0.15) is 12.0 Å². The van der Waals surface area contributed by atoms with Gasteiger partial charge in [0.25, 0.3) is 0 Å². The Morgan fingerprint density at radius 1 is 1.20 bits per heavy atom. The number of benzene rings is 1. The first-order valence-electron chi connectivity index (χ1n) is 5.89.